The fraction of sp³-hybridized carbons (Fsp3) is 0.400. The lowest BCUT2D eigenvalue weighted by Crippen LogP contribution is -2.44. The van der Waals surface area contributed by atoms with Crippen LogP contribution in [0.5, 0.6) is 0 Å². The molecule has 0 aliphatic carbocycles. The number of carboxylic acid groups (broad SMARTS) is 1. The van der Waals surface area contributed by atoms with Gasteiger partial charge in [0.2, 0.25) is 5.82 Å². The third kappa shape index (κ3) is 2.64. The summed E-state index contributed by atoms with van der Waals surface area (Å²) in [5.74, 6) is -3.63. The molecular weight excluding hydrogens is 267 g/mol. The van der Waals surface area contributed by atoms with E-state index in [1.807, 2.05) is 0 Å². The standard InChI is InChI=1S/C10H8F3N3O3/c11-10(12,13)9(19)16-2-1-6-5(4-16)3-14-7(15-6)8(17)18/h3H,1-2,4H2,(H,17,18). The molecule has 1 aromatic heterocycles. The summed E-state index contributed by atoms with van der Waals surface area (Å²) in [7, 11) is 0. The molecule has 9 heteroatoms. The number of carboxylic acids is 1. The first-order chi connectivity index (χ1) is 8.79. The summed E-state index contributed by atoms with van der Waals surface area (Å²) in [4.78, 5) is 29.6. The lowest BCUT2D eigenvalue weighted by Gasteiger charge is -2.28. The molecule has 0 fully saturated rings. The Hall–Kier alpha value is -2.19. The smallest absolute Gasteiger partial charge is 0.471 e. The summed E-state index contributed by atoms with van der Waals surface area (Å²) in [5, 5.41) is 8.69. The van der Waals surface area contributed by atoms with Gasteiger partial charge in [-0.25, -0.2) is 14.8 Å². The number of aromatic carboxylic acids is 1. The fourth-order valence-electron chi connectivity index (χ4n) is 1.77. The van der Waals surface area contributed by atoms with Gasteiger partial charge in [0.1, 0.15) is 0 Å². The number of aromatic nitrogens is 2. The molecule has 2 heterocycles. The minimum Gasteiger partial charge on any atom is -0.475 e. The molecule has 1 amide bonds. The Morgan fingerprint density at radius 1 is 1.37 bits per heavy atom. The minimum absolute atomic E-state index is 0.0694. The van der Waals surface area contributed by atoms with Crippen LogP contribution in [0.1, 0.15) is 21.9 Å². The zero-order valence-corrected chi connectivity index (χ0v) is 9.44. The van der Waals surface area contributed by atoms with Crippen LogP contribution in [-0.4, -0.2) is 44.6 Å². The molecule has 1 aromatic rings. The van der Waals surface area contributed by atoms with E-state index in [9.17, 15) is 22.8 Å². The van der Waals surface area contributed by atoms with Crippen LogP contribution >= 0.6 is 0 Å². The molecule has 0 bridgehead atoms. The second-order valence-corrected chi connectivity index (χ2v) is 3.95. The first-order valence-electron chi connectivity index (χ1n) is 5.23. The number of halogens is 3. The van der Waals surface area contributed by atoms with Gasteiger partial charge in [-0.15, -0.1) is 0 Å². The molecule has 1 N–H and O–H groups in total. The summed E-state index contributed by atoms with van der Waals surface area (Å²) in [6, 6.07) is 0. The van der Waals surface area contributed by atoms with E-state index in [0.717, 1.165) is 6.20 Å². The number of alkyl halides is 3. The van der Waals surface area contributed by atoms with Crippen LogP contribution in [0.3, 0.4) is 0 Å². The van der Waals surface area contributed by atoms with E-state index < -0.39 is 23.9 Å². The number of fused-ring (bicyclic) bond motifs is 1. The van der Waals surface area contributed by atoms with Gasteiger partial charge in [0, 0.05) is 31.3 Å². The molecule has 0 unspecified atom stereocenters. The summed E-state index contributed by atoms with van der Waals surface area (Å²) in [6.07, 6.45) is -3.71. The van der Waals surface area contributed by atoms with Crippen molar-refractivity contribution in [3.8, 4) is 0 Å². The second kappa shape index (κ2) is 4.48. The molecule has 6 nitrogen and oxygen atoms in total. The number of amides is 1. The summed E-state index contributed by atoms with van der Waals surface area (Å²) < 4.78 is 36.8. The Labute approximate surface area is 104 Å². The van der Waals surface area contributed by atoms with E-state index in [1.165, 1.54) is 0 Å². The van der Waals surface area contributed by atoms with Crippen molar-refractivity contribution in [3.63, 3.8) is 0 Å². The van der Waals surface area contributed by atoms with Gasteiger partial charge >= 0.3 is 18.1 Å². The average Bonchev–Trinajstić information content (AvgIpc) is 2.35. The van der Waals surface area contributed by atoms with E-state index in [0.29, 0.717) is 16.2 Å². The molecule has 2 rings (SSSR count). The van der Waals surface area contributed by atoms with Crippen LogP contribution in [0.4, 0.5) is 13.2 Å². The largest absolute Gasteiger partial charge is 0.475 e. The predicted molar refractivity (Wildman–Crippen MR) is 54.2 cm³/mol. The van der Waals surface area contributed by atoms with Gasteiger partial charge in [0.15, 0.2) is 0 Å². The Morgan fingerprint density at radius 3 is 2.63 bits per heavy atom. The molecule has 0 saturated carbocycles. The Bertz CT molecular complexity index is 545. The van der Waals surface area contributed by atoms with Crippen LogP contribution in [0.25, 0.3) is 0 Å². The molecular formula is C10H8F3N3O3. The molecule has 0 saturated heterocycles. The third-order valence-electron chi connectivity index (χ3n) is 2.65. The van der Waals surface area contributed by atoms with Crippen molar-refractivity contribution in [2.45, 2.75) is 19.1 Å². The van der Waals surface area contributed by atoms with E-state index in [1.54, 1.807) is 0 Å². The Balaban J connectivity index is 2.22. The van der Waals surface area contributed by atoms with Crippen LogP contribution in [0.2, 0.25) is 0 Å². The number of carbonyl (C=O) groups excluding carboxylic acids is 1. The van der Waals surface area contributed by atoms with Crippen molar-refractivity contribution >= 4 is 11.9 Å². The van der Waals surface area contributed by atoms with Gasteiger partial charge in [-0.1, -0.05) is 0 Å². The average molecular weight is 275 g/mol. The highest BCUT2D eigenvalue weighted by molar-refractivity contribution is 5.83. The SMILES string of the molecule is O=C(O)c1ncc2c(n1)CCN(C(=O)C(F)(F)F)C2. The predicted octanol–water partition coefficient (Wildman–Crippen LogP) is 0.622. The summed E-state index contributed by atoms with van der Waals surface area (Å²) in [5.41, 5.74) is 0.687. The van der Waals surface area contributed by atoms with Gasteiger partial charge in [-0.3, -0.25) is 4.79 Å². The molecule has 0 spiro atoms. The van der Waals surface area contributed by atoms with Crippen molar-refractivity contribution in [2.24, 2.45) is 0 Å². The first-order valence-corrected chi connectivity index (χ1v) is 5.23. The zero-order valence-electron chi connectivity index (χ0n) is 9.44. The third-order valence-corrected chi connectivity index (χ3v) is 2.65. The maximum atomic E-state index is 12.3. The fourth-order valence-corrected chi connectivity index (χ4v) is 1.77. The topological polar surface area (TPSA) is 83.4 Å². The monoisotopic (exact) mass is 275 g/mol. The molecule has 0 aromatic carbocycles. The molecule has 102 valence electrons. The normalized spacial score (nSPS) is 15.0. The molecule has 0 radical (unpaired) electrons. The van der Waals surface area contributed by atoms with Crippen molar-refractivity contribution < 1.29 is 27.9 Å². The van der Waals surface area contributed by atoms with Gasteiger partial charge < -0.3 is 10.0 Å². The molecule has 1 aliphatic heterocycles. The molecule has 0 atom stereocenters. The van der Waals surface area contributed by atoms with Crippen molar-refractivity contribution in [1.29, 1.82) is 0 Å². The number of carbonyl (C=O) groups is 2. The summed E-state index contributed by atoms with van der Waals surface area (Å²) in [6.45, 7) is -0.422. The minimum atomic E-state index is -4.92. The van der Waals surface area contributed by atoms with Crippen molar-refractivity contribution in [2.75, 3.05) is 6.54 Å². The number of nitrogens with zero attached hydrogens (tertiary/aromatic N) is 3. The van der Waals surface area contributed by atoms with Crippen molar-refractivity contribution in [1.82, 2.24) is 14.9 Å². The molecule has 19 heavy (non-hydrogen) atoms. The maximum Gasteiger partial charge on any atom is 0.471 e. The molecule has 1 aliphatic rings. The summed E-state index contributed by atoms with van der Waals surface area (Å²) >= 11 is 0. The zero-order chi connectivity index (χ0) is 14.2. The van der Waals surface area contributed by atoms with Gasteiger partial charge in [0.05, 0.1) is 5.69 Å². The Kier molecular flexibility index (Phi) is 3.13. The van der Waals surface area contributed by atoms with Gasteiger partial charge in [-0.05, 0) is 0 Å². The van der Waals surface area contributed by atoms with E-state index in [4.69, 9.17) is 5.11 Å². The van der Waals surface area contributed by atoms with Gasteiger partial charge in [0.25, 0.3) is 0 Å². The van der Waals surface area contributed by atoms with E-state index >= 15 is 0 Å². The highest BCUT2D eigenvalue weighted by Gasteiger charge is 2.43. The Morgan fingerprint density at radius 2 is 2.05 bits per heavy atom. The van der Waals surface area contributed by atoms with E-state index in [2.05, 4.69) is 9.97 Å². The van der Waals surface area contributed by atoms with Gasteiger partial charge in [-0.2, -0.15) is 13.2 Å². The second-order valence-electron chi connectivity index (χ2n) is 3.95. The van der Waals surface area contributed by atoms with Crippen LogP contribution in [0.15, 0.2) is 6.20 Å². The van der Waals surface area contributed by atoms with Crippen molar-refractivity contribution in [3.05, 3.63) is 23.3 Å². The lowest BCUT2D eigenvalue weighted by atomic mass is 10.1. The van der Waals surface area contributed by atoms with Crippen LogP contribution in [-0.2, 0) is 17.8 Å². The lowest BCUT2D eigenvalue weighted by molar-refractivity contribution is -0.186. The quantitative estimate of drug-likeness (QED) is 0.812. The first kappa shape index (κ1) is 13.2. The number of hydrogen-bond donors (Lipinski definition) is 1. The highest BCUT2D eigenvalue weighted by Crippen LogP contribution is 2.23. The van der Waals surface area contributed by atoms with Crippen LogP contribution in [0, 0.1) is 0 Å². The maximum absolute atomic E-state index is 12.3. The number of rotatable bonds is 1. The van der Waals surface area contributed by atoms with Crippen LogP contribution < -0.4 is 0 Å². The van der Waals surface area contributed by atoms with E-state index in [-0.39, 0.29) is 19.5 Å². The highest BCUT2D eigenvalue weighted by atomic mass is 19.4. The number of hydrogen-bond acceptors (Lipinski definition) is 4.